The molecule has 1 aromatic heterocycles. The van der Waals surface area contributed by atoms with E-state index < -0.39 is 0 Å². The standard InChI is InChI=1S/C18H19Cl2N3O/c1-24-17-4-2-3-13(9-17)11-22-18-21-5-6-23(18)12-14-7-15(19)10-16(20)8-14/h2-7,9-10,16H,8,11-12H2,1H3,(H,21,22). The van der Waals surface area contributed by atoms with E-state index in [1.54, 1.807) is 13.3 Å². The Labute approximate surface area is 151 Å². The second-order valence-electron chi connectivity index (χ2n) is 5.66. The van der Waals surface area contributed by atoms with Crippen molar-refractivity contribution in [3.8, 4) is 5.75 Å². The van der Waals surface area contributed by atoms with Gasteiger partial charge >= 0.3 is 0 Å². The number of nitrogens with one attached hydrogen (secondary N) is 1. The van der Waals surface area contributed by atoms with Gasteiger partial charge in [0.15, 0.2) is 0 Å². The summed E-state index contributed by atoms with van der Waals surface area (Å²) in [6.07, 6.45) is 8.37. The Morgan fingerprint density at radius 3 is 3.08 bits per heavy atom. The number of imidazole rings is 1. The quantitative estimate of drug-likeness (QED) is 0.764. The highest BCUT2D eigenvalue weighted by molar-refractivity contribution is 6.32. The Morgan fingerprint density at radius 2 is 2.29 bits per heavy atom. The molecular weight excluding hydrogens is 345 g/mol. The number of nitrogens with zero attached hydrogens (tertiary/aromatic N) is 2. The third kappa shape index (κ3) is 4.34. The summed E-state index contributed by atoms with van der Waals surface area (Å²) in [5, 5.41) is 4.01. The molecule has 1 atom stereocenters. The molecular formula is C18H19Cl2N3O. The van der Waals surface area contributed by atoms with Crippen molar-refractivity contribution in [3.05, 3.63) is 65.0 Å². The van der Waals surface area contributed by atoms with E-state index in [-0.39, 0.29) is 5.38 Å². The number of methoxy groups -OCH3 is 1. The molecule has 3 rings (SSSR count). The van der Waals surface area contributed by atoms with Crippen LogP contribution in [0.3, 0.4) is 0 Å². The number of allylic oxidation sites excluding steroid dienone is 4. The van der Waals surface area contributed by atoms with Gasteiger partial charge < -0.3 is 14.6 Å². The molecule has 0 saturated heterocycles. The lowest BCUT2D eigenvalue weighted by atomic mass is 10.0. The Bertz CT molecular complexity index is 767. The first-order chi connectivity index (χ1) is 11.6. The SMILES string of the molecule is COc1cccc(CNc2nccn2CC2=CC(Cl)=CC(Cl)C2)c1. The molecule has 0 amide bonds. The van der Waals surface area contributed by atoms with Crippen molar-refractivity contribution in [1.29, 1.82) is 0 Å². The van der Waals surface area contributed by atoms with E-state index in [2.05, 4.69) is 20.9 Å². The van der Waals surface area contributed by atoms with Crippen LogP contribution < -0.4 is 10.1 Å². The molecule has 4 nitrogen and oxygen atoms in total. The fourth-order valence-electron chi connectivity index (χ4n) is 2.68. The minimum atomic E-state index is -0.0470. The lowest BCUT2D eigenvalue weighted by Gasteiger charge is -2.17. The Balaban J connectivity index is 1.66. The van der Waals surface area contributed by atoms with Gasteiger partial charge in [0.1, 0.15) is 5.75 Å². The molecule has 1 aliphatic carbocycles. The smallest absolute Gasteiger partial charge is 0.203 e. The highest BCUT2D eigenvalue weighted by Gasteiger charge is 2.14. The van der Waals surface area contributed by atoms with Crippen molar-refractivity contribution in [3.63, 3.8) is 0 Å². The molecule has 0 aliphatic heterocycles. The molecule has 1 aromatic carbocycles. The van der Waals surface area contributed by atoms with E-state index >= 15 is 0 Å². The lowest BCUT2D eigenvalue weighted by Crippen LogP contribution is -2.12. The van der Waals surface area contributed by atoms with Gasteiger partial charge in [-0.1, -0.05) is 23.7 Å². The maximum Gasteiger partial charge on any atom is 0.203 e. The number of hydrogen-bond donors (Lipinski definition) is 1. The molecule has 1 aliphatic rings. The number of alkyl halides is 1. The molecule has 2 aromatic rings. The highest BCUT2D eigenvalue weighted by Crippen LogP contribution is 2.25. The predicted molar refractivity (Wildman–Crippen MR) is 98.8 cm³/mol. The summed E-state index contributed by atoms with van der Waals surface area (Å²) >= 11 is 12.3. The predicted octanol–water partition coefficient (Wildman–Crippen LogP) is 4.56. The molecule has 0 fully saturated rings. The van der Waals surface area contributed by atoms with Gasteiger partial charge in [-0.25, -0.2) is 4.98 Å². The van der Waals surface area contributed by atoms with Crippen molar-refractivity contribution in [2.24, 2.45) is 0 Å². The van der Waals surface area contributed by atoms with Crippen LogP contribution >= 0.6 is 23.2 Å². The van der Waals surface area contributed by atoms with Crippen LogP contribution in [0, 0.1) is 0 Å². The van der Waals surface area contributed by atoms with Gasteiger partial charge in [-0.3, -0.25) is 0 Å². The van der Waals surface area contributed by atoms with Gasteiger partial charge in [0.05, 0.1) is 12.5 Å². The lowest BCUT2D eigenvalue weighted by molar-refractivity contribution is 0.414. The van der Waals surface area contributed by atoms with Crippen LogP contribution in [0.2, 0.25) is 0 Å². The third-order valence-corrected chi connectivity index (χ3v) is 4.33. The maximum absolute atomic E-state index is 6.20. The van der Waals surface area contributed by atoms with E-state index in [9.17, 15) is 0 Å². The fraction of sp³-hybridized carbons (Fsp3) is 0.278. The molecule has 0 spiro atoms. The molecule has 1 unspecified atom stereocenters. The van der Waals surface area contributed by atoms with E-state index in [4.69, 9.17) is 27.9 Å². The maximum atomic E-state index is 6.20. The normalized spacial score (nSPS) is 17.2. The van der Waals surface area contributed by atoms with E-state index in [1.165, 1.54) is 5.57 Å². The van der Waals surface area contributed by atoms with E-state index in [0.717, 1.165) is 23.7 Å². The van der Waals surface area contributed by atoms with Gasteiger partial charge in [-0.05, 0) is 41.8 Å². The van der Waals surface area contributed by atoms with Crippen LogP contribution in [-0.2, 0) is 13.1 Å². The zero-order valence-electron chi connectivity index (χ0n) is 13.4. The summed E-state index contributed by atoms with van der Waals surface area (Å²) in [7, 11) is 1.67. The molecule has 0 saturated carbocycles. The summed E-state index contributed by atoms with van der Waals surface area (Å²) in [6.45, 7) is 1.39. The largest absolute Gasteiger partial charge is 0.497 e. The minimum Gasteiger partial charge on any atom is -0.497 e. The van der Waals surface area contributed by atoms with Gasteiger partial charge in [0, 0.05) is 30.5 Å². The summed E-state index contributed by atoms with van der Waals surface area (Å²) < 4.78 is 7.31. The molecule has 126 valence electrons. The number of aromatic nitrogens is 2. The van der Waals surface area contributed by atoms with Gasteiger partial charge in [-0.2, -0.15) is 0 Å². The number of anilines is 1. The monoisotopic (exact) mass is 363 g/mol. The Hall–Kier alpha value is -1.91. The van der Waals surface area contributed by atoms with Crippen LogP contribution in [0.5, 0.6) is 5.75 Å². The van der Waals surface area contributed by atoms with E-state index in [1.807, 2.05) is 36.5 Å². The average molecular weight is 364 g/mol. The number of rotatable bonds is 6. The third-order valence-electron chi connectivity index (χ3n) is 3.81. The molecule has 1 heterocycles. The van der Waals surface area contributed by atoms with Crippen molar-refractivity contribution < 1.29 is 4.74 Å². The van der Waals surface area contributed by atoms with Crippen LogP contribution in [-0.4, -0.2) is 22.0 Å². The van der Waals surface area contributed by atoms with Crippen molar-refractivity contribution in [2.75, 3.05) is 12.4 Å². The van der Waals surface area contributed by atoms with Crippen molar-refractivity contribution in [1.82, 2.24) is 9.55 Å². The number of benzene rings is 1. The van der Waals surface area contributed by atoms with Crippen LogP contribution in [0.15, 0.2) is 59.4 Å². The summed E-state index contributed by atoms with van der Waals surface area (Å²) in [5.74, 6) is 1.66. The minimum absolute atomic E-state index is 0.0470. The van der Waals surface area contributed by atoms with Crippen molar-refractivity contribution in [2.45, 2.75) is 24.9 Å². The second kappa shape index (κ2) is 7.77. The average Bonchev–Trinajstić information content (AvgIpc) is 2.99. The zero-order chi connectivity index (χ0) is 16.9. The topological polar surface area (TPSA) is 39.1 Å². The Morgan fingerprint density at radius 1 is 1.42 bits per heavy atom. The summed E-state index contributed by atoms with van der Waals surface area (Å²) in [4.78, 5) is 4.39. The van der Waals surface area contributed by atoms with Gasteiger partial charge in [0.25, 0.3) is 0 Å². The van der Waals surface area contributed by atoms with Crippen LogP contribution in [0.4, 0.5) is 5.95 Å². The molecule has 6 heteroatoms. The van der Waals surface area contributed by atoms with Gasteiger partial charge in [0.2, 0.25) is 5.95 Å². The zero-order valence-corrected chi connectivity index (χ0v) is 14.9. The fourth-order valence-corrected chi connectivity index (χ4v) is 3.39. The summed E-state index contributed by atoms with van der Waals surface area (Å²) in [5.41, 5.74) is 2.32. The molecule has 1 N–H and O–H groups in total. The summed E-state index contributed by atoms with van der Waals surface area (Å²) in [6, 6.07) is 7.96. The van der Waals surface area contributed by atoms with Crippen LogP contribution in [0.25, 0.3) is 0 Å². The first-order valence-corrected chi connectivity index (χ1v) is 8.54. The molecule has 0 radical (unpaired) electrons. The number of ether oxygens (including phenoxy) is 1. The number of halogens is 2. The Kier molecular flexibility index (Phi) is 5.48. The molecule has 0 bridgehead atoms. The van der Waals surface area contributed by atoms with Crippen molar-refractivity contribution >= 4 is 29.2 Å². The molecule has 24 heavy (non-hydrogen) atoms. The highest BCUT2D eigenvalue weighted by atomic mass is 35.5. The second-order valence-corrected chi connectivity index (χ2v) is 6.66. The number of hydrogen-bond acceptors (Lipinski definition) is 3. The van der Waals surface area contributed by atoms with Gasteiger partial charge in [-0.15, -0.1) is 11.6 Å². The first kappa shape index (κ1) is 16.9. The van der Waals surface area contributed by atoms with E-state index in [0.29, 0.717) is 18.1 Å². The first-order valence-electron chi connectivity index (χ1n) is 7.73. The van der Waals surface area contributed by atoms with Crippen LogP contribution in [0.1, 0.15) is 12.0 Å².